The number of carbonyl (C=O) groups is 2. The second-order valence-corrected chi connectivity index (χ2v) is 13.7. The second-order valence-electron chi connectivity index (χ2n) is 13.7. The maximum Gasteiger partial charge on any atom is 0.406 e. The maximum atomic E-state index is 11.6. The van der Waals surface area contributed by atoms with Gasteiger partial charge in [-0.2, -0.15) is 0 Å². The number of amides is 1. The van der Waals surface area contributed by atoms with Crippen LogP contribution in [0.3, 0.4) is 0 Å². The molecule has 5 rings (SSSR count). The predicted molar refractivity (Wildman–Crippen MR) is 143 cm³/mol. The first-order valence-corrected chi connectivity index (χ1v) is 14.9. The normalized spacial score (nSPS) is 43.0. The molecule has 1 heterocycles. The summed E-state index contributed by atoms with van der Waals surface area (Å²) in [6.07, 6.45) is 11.9. The first kappa shape index (κ1) is 26.9. The Bertz CT molecular complexity index is 931. The van der Waals surface area contributed by atoms with E-state index in [1.54, 1.807) is 6.92 Å². The number of rotatable bonds is 6. The quantitative estimate of drug-likeness (QED) is 0.402. The third-order valence-electron chi connectivity index (χ3n) is 11.8. The highest BCUT2D eigenvalue weighted by Crippen LogP contribution is 2.69. The minimum Gasteiger partial charge on any atom is -0.494 e. The largest absolute Gasteiger partial charge is 0.494 e. The topological polar surface area (TPSA) is 73.9 Å². The molecule has 6 heteroatoms. The van der Waals surface area contributed by atoms with Crippen LogP contribution in [0.25, 0.3) is 0 Å². The molecular formula is C31H49NO5. The lowest BCUT2D eigenvalue weighted by Crippen LogP contribution is -2.54. The van der Waals surface area contributed by atoms with Crippen LogP contribution in [0.1, 0.15) is 98.8 Å². The van der Waals surface area contributed by atoms with Crippen molar-refractivity contribution in [1.29, 1.82) is 0 Å². The molecule has 0 bridgehead atoms. The van der Waals surface area contributed by atoms with E-state index in [2.05, 4.69) is 33.0 Å². The zero-order chi connectivity index (χ0) is 26.5. The molecule has 4 fully saturated rings. The lowest BCUT2D eigenvalue weighted by molar-refractivity contribution is -0.159. The lowest BCUT2D eigenvalue weighted by atomic mass is 9.44. The van der Waals surface area contributed by atoms with Gasteiger partial charge in [0.15, 0.2) is 0 Å². The van der Waals surface area contributed by atoms with Crippen molar-refractivity contribution < 1.29 is 23.8 Å². The van der Waals surface area contributed by atoms with Crippen LogP contribution < -0.4 is 5.32 Å². The third kappa shape index (κ3) is 4.69. The number of fused-ring (bicyclic) bond motifs is 7. The first-order valence-electron chi connectivity index (χ1n) is 14.9. The smallest absolute Gasteiger partial charge is 0.406 e. The summed E-state index contributed by atoms with van der Waals surface area (Å²) in [5, 5.41) is 2.82. The standard InChI is InChI=1S/C31H49NO5/c1-18(17-32-29(34)35-6)7-10-26-19(2)28-27(37-26)16-25-23-9-8-21-15-22(36-20(3)33)11-13-30(21,4)24(23)12-14-31(25,28)5/h18,21-25,27-28H,7-17H2,1-6H3,(H,32,34)/t18-,21-,22-,23+,24-,25-,27?,28-,30-,31-/m0/s1. The van der Waals surface area contributed by atoms with Gasteiger partial charge in [-0.05, 0) is 111 Å². The number of hydrogen-bond acceptors (Lipinski definition) is 5. The Balaban J connectivity index is 1.24. The molecule has 0 aromatic carbocycles. The van der Waals surface area contributed by atoms with Crippen molar-refractivity contribution >= 4 is 12.1 Å². The fourth-order valence-corrected chi connectivity index (χ4v) is 9.95. The Morgan fingerprint density at radius 3 is 2.57 bits per heavy atom. The molecule has 1 N–H and O–H groups in total. The summed E-state index contributed by atoms with van der Waals surface area (Å²) >= 11 is 0. The van der Waals surface area contributed by atoms with E-state index >= 15 is 0 Å². The number of ether oxygens (including phenoxy) is 3. The summed E-state index contributed by atoms with van der Waals surface area (Å²) < 4.78 is 17.1. The predicted octanol–water partition coefficient (Wildman–Crippen LogP) is 6.63. The van der Waals surface area contributed by atoms with Crippen molar-refractivity contribution in [3.05, 3.63) is 11.3 Å². The van der Waals surface area contributed by atoms with Crippen LogP contribution in [0.2, 0.25) is 0 Å². The highest BCUT2D eigenvalue weighted by Gasteiger charge is 2.64. The van der Waals surface area contributed by atoms with Crippen LogP contribution in [-0.2, 0) is 19.0 Å². The first-order chi connectivity index (χ1) is 17.6. The van der Waals surface area contributed by atoms with E-state index < -0.39 is 0 Å². The van der Waals surface area contributed by atoms with Gasteiger partial charge in [-0.25, -0.2) is 4.79 Å². The van der Waals surface area contributed by atoms with Crippen molar-refractivity contribution in [3.63, 3.8) is 0 Å². The number of allylic oxidation sites excluding steroid dienone is 1. The summed E-state index contributed by atoms with van der Waals surface area (Å²) in [6, 6.07) is 0. The summed E-state index contributed by atoms with van der Waals surface area (Å²) in [7, 11) is 1.41. The highest BCUT2D eigenvalue weighted by atomic mass is 16.5. The van der Waals surface area contributed by atoms with Crippen LogP contribution in [-0.4, -0.2) is 37.9 Å². The molecule has 37 heavy (non-hydrogen) atoms. The Morgan fingerprint density at radius 1 is 1.08 bits per heavy atom. The highest BCUT2D eigenvalue weighted by molar-refractivity contribution is 5.66. The number of alkyl carbamates (subject to hydrolysis) is 1. The van der Waals surface area contributed by atoms with E-state index in [-0.39, 0.29) is 18.2 Å². The molecule has 0 aromatic heterocycles. The molecule has 6 nitrogen and oxygen atoms in total. The van der Waals surface area contributed by atoms with Crippen molar-refractivity contribution in [3.8, 4) is 0 Å². The number of carbonyl (C=O) groups excluding carboxylic acids is 2. The van der Waals surface area contributed by atoms with Gasteiger partial charge in [0.2, 0.25) is 0 Å². The lowest BCUT2D eigenvalue weighted by Gasteiger charge is -2.61. The van der Waals surface area contributed by atoms with Gasteiger partial charge in [-0.3, -0.25) is 4.79 Å². The van der Waals surface area contributed by atoms with Crippen molar-refractivity contribution in [2.75, 3.05) is 13.7 Å². The molecule has 4 aliphatic carbocycles. The van der Waals surface area contributed by atoms with Crippen molar-refractivity contribution in [1.82, 2.24) is 5.32 Å². The van der Waals surface area contributed by atoms with Crippen LogP contribution in [0.15, 0.2) is 11.3 Å². The molecule has 0 radical (unpaired) electrons. The number of methoxy groups -OCH3 is 1. The molecule has 0 spiro atoms. The van der Waals surface area contributed by atoms with Gasteiger partial charge in [0.1, 0.15) is 12.2 Å². The minimum absolute atomic E-state index is 0.122. The summed E-state index contributed by atoms with van der Waals surface area (Å²) in [5.74, 6) is 5.09. The number of hydrogen-bond donors (Lipinski definition) is 1. The Morgan fingerprint density at radius 2 is 1.84 bits per heavy atom. The van der Waals surface area contributed by atoms with E-state index in [0.29, 0.717) is 41.2 Å². The summed E-state index contributed by atoms with van der Waals surface area (Å²) in [6.45, 7) is 11.9. The summed E-state index contributed by atoms with van der Waals surface area (Å²) in [4.78, 5) is 23.0. The van der Waals surface area contributed by atoms with Gasteiger partial charge >= 0.3 is 12.1 Å². The van der Waals surface area contributed by atoms with Crippen molar-refractivity contribution in [2.45, 2.75) is 111 Å². The molecule has 5 aliphatic rings. The van der Waals surface area contributed by atoms with E-state index in [1.807, 2.05) is 0 Å². The molecule has 1 amide bonds. The molecule has 208 valence electrons. The Labute approximate surface area is 223 Å². The average Bonchev–Trinajstić information content (AvgIpc) is 3.34. The third-order valence-corrected chi connectivity index (χ3v) is 11.8. The number of esters is 1. The van der Waals surface area contributed by atoms with Gasteiger partial charge in [-0.1, -0.05) is 20.8 Å². The molecule has 0 saturated heterocycles. The van der Waals surface area contributed by atoms with Gasteiger partial charge in [0, 0.05) is 25.8 Å². The van der Waals surface area contributed by atoms with E-state index in [1.165, 1.54) is 57.0 Å². The van der Waals surface area contributed by atoms with Crippen molar-refractivity contribution in [2.24, 2.45) is 46.3 Å². The van der Waals surface area contributed by atoms with Gasteiger partial charge < -0.3 is 19.5 Å². The van der Waals surface area contributed by atoms with Gasteiger partial charge in [0.25, 0.3) is 0 Å². The molecule has 4 saturated carbocycles. The van der Waals surface area contributed by atoms with E-state index in [4.69, 9.17) is 14.2 Å². The number of nitrogens with one attached hydrogen (secondary N) is 1. The van der Waals surface area contributed by atoms with Gasteiger partial charge in [-0.15, -0.1) is 0 Å². The minimum atomic E-state index is -0.358. The SMILES string of the molecule is COC(=O)NC[C@@H](C)CCC1=C(C)[C@H]2C(C[C@H]3[C@@H]4CC[C@H]5C[C@@H](OC(C)=O)CC[C@]5(C)[C@H]4CC[C@]23C)O1. The van der Waals surface area contributed by atoms with Crippen LogP contribution in [0.5, 0.6) is 0 Å². The molecule has 10 atom stereocenters. The average molecular weight is 516 g/mol. The van der Waals surface area contributed by atoms with Gasteiger partial charge in [0.05, 0.1) is 12.9 Å². The molecule has 1 aliphatic heterocycles. The van der Waals surface area contributed by atoms with Crippen LogP contribution in [0.4, 0.5) is 4.79 Å². The second kappa shape index (κ2) is 10.1. The zero-order valence-electron chi connectivity index (χ0n) is 23.9. The maximum absolute atomic E-state index is 11.6. The fourth-order valence-electron chi connectivity index (χ4n) is 9.95. The van der Waals surface area contributed by atoms with Crippen LogP contribution >= 0.6 is 0 Å². The molecular weight excluding hydrogens is 466 g/mol. The Kier molecular flexibility index (Phi) is 7.34. The fraction of sp³-hybridized carbons (Fsp3) is 0.871. The van der Waals surface area contributed by atoms with E-state index in [0.717, 1.165) is 43.4 Å². The Hall–Kier alpha value is -1.72. The zero-order valence-corrected chi connectivity index (χ0v) is 23.9. The van der Waals surface area contributed by atoms with E-state index in [9.17, 15) is 9.59 Å². The molecule has 0 aromatic rings. The summed E-state index contributed by atoms with van der Waals surface area (Å²) in [5.41, 5.74) is 2.24. The molecule has 1 unspecified atom stereocenters. The van der Waals surface area contributed by atoms with Crippen LogP contribution in [0, 0.1) is 46.3 Å². The monoisotopic (exact) mass is 515 g/mol.